The van der Waals surface area contributed by atoms with E-state index in [0.717, 1.165) is 25.7 Å². The molecule has 2 nitrogen and oxygen atoms in total. The monoisotopic (exact) mass is 432 g/mol. The van der Waals surface area contributed by atoms with Crippen LogP contribution in [0.25, 0.3) is 0 Å². The molecule has 0 bridgehead atoms. The van der Waals surface area contributed by atoms with Gasteiger partial charge in [-0.25, -0.2) is 0 Å². The molecule has 0 aliphatic carbocycles. The van der Waals surface area contributed by atoms with Crippen LogP contribution in [-0.4, -0.2) is 31.3 Å². The third-order valence-electron chi connectivity index (χ3n) is 4.76. The third-order valence-corrected chi connectivity index (χ3v) is 20.0. The summed E-state index contributed by atoms with van der Waals surface area (Å²) < 4.78 is 11.7. The standard InChI is InChI=1S/C8H13O2.3C4H9.Sn/c1-2-7-10-8-5-3-4-6-9;3*1-3-4-2;/h2,6-7H,1,3-5,8H2;3*1,3-4H2,2H3;/b7-2+;;;;. The average molecular weight is 431 g/mol. The van der Waals surface area contributed by atoms with Gasteiger partial charge in [-0.1, -0.05) is 0 Å². The minimum absolute atomic E-state index is 0.664. The predicted octanol–water partition coefficient (Wildman–Crippen LogP) is 6.74. The first kappa shape index (κ1) is 23.0. The fourth-order valence-corrected chi connectivity index (χ4v) is 18.2. The summed E-state index contributed by atoms with van der Waals surface area (Å²) in [4.78, 5) is 10.3. The van der Waals surface area contributed by atoms with Crippen LogP contribution in [0.4, 0.5) is 0 Å². The summed E-state index contributed by atoms with van der Waals surface area (Å²) in [6.45, 7) is 7.74. The first-order valence-electron chi connectivity index (χ1n) is 9.95. The Morgan fingerprint density at radius 2 is 1.39 bits per heavy atom. The maximum atomic E-state index is 10.3. The van der Waals surface area contributed by atoms with Crippen molar-refractivity contribution >= 4 is 24.7 Å². The van der Waals surface area contributed by atoms with Crippen molar-refractivity contribution in [3.05, 3.63) is 12.3 Å². The van der Waals surface area contributed by atoms with Gasteiger partial charge < -0.3 is 0 Å². The fraction of sp³-hybridized carbons (Fsp3) is 0.850. The zero-order valence-corrected chi connectivity index (χ0v) is 18.8. The van der Waals surface area contributed by atoms with E-state index in [9.17, 15) is 4.79 Å². The van der Waals surface area contributed by atoms with Gasteiger partial charge in [-0.3, -0.25) is 0 Å². The molecule has 0 aliphatic heterocycles. The van der Waals surface area contributed by atoms with Crippen LogP contribution in [0.1, 0.15) is 78.6 Å². The number of ether oxygens (including phenoxy) is 1. The van der Waals surface area contributed by atoms with Gasteiger partial charge >= 0.3 is 149 Å². The summed E-state index contributed by atoms with van der Waals surface area (Å²) in [5.74, 6) is 0. The van der Waals surface area contributed by atoms with Gasteiger partial charge in [0.2, 0.25) is 0 Å². The van der Waals surface area contributed by atoms with E-state index >= 15 is 0 Å². The molecule has 136 valence electrons. The first-order valence-corrected chi connectivity index (χ1v) is 18.0. The zero-order chi connectivity index (χ0) is 17.2. The molecule has 0 aromatic rings. The molecule has 0 radical (unpaired) electrons. The number of unbranched alkanes of at least 4 members (excludes halogenated alkanes) is 5. The van der Waals surface area contributed by atoms with E-state index in [-0.39, 0.29) is 0 Å². The van der Waals surface area contributed by atoms with Gasteiger partial charge in [-0.05, 0) is 0 Å². The number of allylic oxidation sites excluding steroid dienone is 1. The van der Waals surface area contributed by atoms with Gasteiger partial charge in [0.15, 0.2) is 0 Å². The van der Waals surface area contributed by atoms with Crippen LogP contribution in [0, 0.1) is 0 Å². The van der Waals surface area contributed by atoms with Crippen molar-refractivity contribution in [2.45, 2.75) is 96.3 Å². The molecular weight excluding hydrogens is 391 g/mol. The Bertz CT molecular complexity index is 268. The number of carbonyl (C=O) groups excluding carboxylic acids is 1. The van der Waals surface area contributed by atoms with Crippen molar-refractivity contribution in [3.8, 4) is 0 Å². The van der Waals surface area contributed by atoms with Crippen LogP contribution in [0.2, 0.25) is 17.7 Å². The average Bonchev–Trinajstić information content (AvgIpc) is 2.58. The van der Waals surface area contributed by atoms with E-state index < -0.39 is 18.4 Å². The quantitative estimate of drug-likeness (QED) is 0.110. The van der Waals surface area contributed by atoms with Crippen LogP contribution in [0.3, 0.4) is 0 Å². The van der Waals surface area contributed by atoms with Crippen molar-refractivity contribution in [1.29, 1.82) is 0 Å². The Kier molecular flexibility index (Phi) is 16.9. The van der Waals surface area contributed by atoms with Gasteiger partial charge in [0.05, 0.1) is 0 Å². The molecule has 0 unspecified atom stereocenters. The summed E-state index contributed by atoms with van der Waals surface area (Å²) in [6.07, 6.45) is 16.2. The SMILES string of the molecule is CCC[CH2][Sn]([CH2]/C=C/OCCCCC=O)([CH2]CCC)[CH2]CCC. The second kappa shape index (κ2) is 16.9. The molecular formula is C20H40O2Sn. The molecule has 0 fully saturated rings. The molecule has 23 heavy (non-hydrogen) atoms. The zero-order valence-electron chi connectivity index (χ0n) is 15.9. The van der Waals surface area contributed by atoms with E-state index in [4.69, 9.17) is 4.74 Å². The van der Waals surface area contributed by atoms with Crippen LogP contribution >= 0.6 is 0 Å². The molecule has 0 N–H and O–H groups in total. The summed E-state index contributed by atoms with van der Waals surface area (Å²) in [5, 5.41) is 0. The number of hydrogen-bond donors (Lipinski definition) is 0. The summed E-state index contributed by atoms with van der Waals surface area (Å²) in [6, 6.07) is 0. The van der Waals surface area contributed by atoms with Crippen LogP contribution in [0.5, 0.6) is 0 Å². The normalized spacial score (nSPS) is 12.0. The first-order chi connectivity index (χ1) is 11.2. The van der Waals surface area contributed by atoms with E-state index in [0.29, 0.717) is 6.42 Å². The minimum atomic E-state index is -1.99. The van der Waals surface area contributed by atoms with Crippen molar-refractivity contribution in [3.63, 3.8) is 0 Å². The number of hydrogen-bond acceptors (Lipinski definition) is 2. The van der Waals surface area contributed by atoms with Gasteiger partial charge in [0.25, 0.3) is 0 Å². The topological polar surface area (TPSA) is 26.3 Å². The molecule has 0 aromatic carbocycles. The van der Waals surface area contributed by atoms with Crippen LogP contribution in [0.15, 0.2) is 12.3 Å². The number of aldehydes is 1. The molecule has 0 heterocycles. The Labute approximate surface area is 149 Å². The van der Waals surface area contributed by atoms with Gasteiger partial charge in [0, 0.05) is 0 Å². The molecule has 0 amide bonds. The number of rotatable bonds is 17. The summed E-state index contributed by atoms with van der Waals surface area (Å²) in [7, 11) is 0. The Morgan fingerprint density at radius 3 is 1.87 bits per heavy atom. The predicted molar refractivity (Wildman–Crippen MR) is 105 cm³/mol. The van der Waals surface area contributed by atoms with Crippen molar-refractivity contribution in [2.75, 3.05) is 6.61 Å². The summed E-state index contributed by atoms with van der Waals surface area (Å²) >= 11 is -1.99. The molecule has 0 saturated carbocycles. The van der Waals surface area contributed by atoms with Crippen LogP contribution in [-0.2, 0) is 9.53 Å². The Hall–Kier alpha value is 0.00870. The van der Waals surface area contributed by atoms with Crippen LogP contribution < -0.4 is 0 Å². The van der Waals surface area contributed by atoms with Crippen molar-refractivity contribution in [1.82, 2.24) is 0 Å². The van der Waals surface area contributed by atoms with E-state index in [2.05, 4.69) is 26.8 Å². The molecule has 0 saturated heterocycles. The molecule has 3 heteroatoms. The third kappa shape index (κ3) is 13.0. The second-order valence-corrected chi connectivity index (χ2v) is 20.9. The Balaban J connectivity index is 4.36. The van der Waals surface area contributed by atoms with Gasteiger partial charge in [-0.15, -0.1) is 0 Å². The Morgan fingerprint density at radius 1 is 0.826 bits per heavy atom. The van der Waals surface area contributed by atoms with Gasteiger partial charge in [0.1, 0.15) is 0 Å². The van der Waals surface area contributed by atoms with Crippen molar-refractivity contribution < 1.29 is 9.53 Å². The molecule has 0 aromatic heterocycles. The maximum absolute atomic E-state index is 10.3. The van der Waals surface area contributed by atoms with E-state index in [1.165, 1.54) is 43.0 Å². The van der Waals surface area contributed by atoms with E-state index in [1.54, 1.807) is 13.3 Å². The molecule has 0 aliphatic rings. The molecule has 0 atom stereocenters. The number of carbonyl (C=O) groups is 1. The fourth-order valence-electron chi connectivity index (χ4n) is 3.18. The van der Waals surface area contributed by atoms with Crippen molar-refractivity contribution in [2.24, 2.45) is 0 Å². The molecule has 0 rings (SSSR count). The van der Waals surface area contributed by atoms with Gasteiger partial charge in [-0.2, -0.15) is 0 Å². The second-order valence-electron chi connectivity index (χ2n) is 6.92. The van der Waals surface area contributed by atoms with E-state index in [1.807, 2.05) is 6.26 Å². The molecule has 0 spiro atoms. The summed E-state index contributed by atoms with van der Waals surface area (Å²) in [5.41, 5.74) is 0.